The number of rotatable bonds is 2. The lowest BCUT2D eigenvalue weighted by Crippen LogP contribution is -3.00. The van der Waals surface area contributed by atoms with Gasteiger partial charge in [0.1, 0.15) is 6.54 Å². The van der Waals surface area contributed by atoms with E-state index in [9.17, 15) is 0 Å². The molecule has 76 valence electrons. The zero-order valence-corrected chi connectivity index (χ0v) is 11.2. The molecule has 1 nitrogen and oxygen atoms in total. The van der Waals surface area contributed by atoms with Crippen molar-refractivity contribution in [3.63, 3.8) is 0 Å². The van der Waals surface area contributed by atoms with Crippen molar-refractivity contribution < 1.29 is 40.9 Å². The van der Waals surface area contributed by atoms with Crippen LogP contribution in [0.15, 0.2) is 30.3 Å². The fraction of sp³-hybridized carbons (Fsp3) is 0.400. The van der Waals surface area contributed by atoms with Crippen molar-refractivity contribution in [3.05, 3.63) is 35.9 Å². The zero-order chi connectivity index (χ0) is 8.32. The van der Waals surface area contributed by atoms with Crippen molar-refractivity contribution in [1.29, 1.82) is 0 Å². The average molecular weight is 313 g/mol. The van der Waals surface area contributed by atoms with Crippen LogP contribution in [-0.4, -0.2) is 25.6 Å². The van der Waals surface area contributed by atoms with Crippen molar-refractivity contribution in [2.24, 2.45) is 0 Å². The standard InChI is InChI=1S/C10H16N.ClH.HI/c1-11(2,3)9-10-7-5-4-6-8-10;;/h4-8H,9H2,1-3H3;2*1H/q+1;;/p-2. The SMILES string of the molecule is C[N+](C)(C)Cc1ccccc1.[Cl-].[I-]. The Labute approximate surface area is 104 Å². The van der Waals surface area contributed by atoms with E-state index in [0.29, 0.717) is 0 Å². The molecule has 0 aliphatic carbocycles. The summed E-state index contributed by atoms with van der Waals surface area (Å²) in [5.74, 6) is 0. The lowest BCUT2D eigenvalue weighted by Gasteiger charge is -2.23. The van der Waals surface area contributed by atoms with Crippen molar-refractivity contribution in [2.75, 3.05) is 21.1 Å². The van der Waals surface area contributed by atoms with Crippen molar-refractivity contribution in [2.45, 2.75) is 6.54 Å². The van der Waals surface area contributed by atoms with Gasteiger partial charge in [-0.1, -0.05) is 30.3 Å². The molecule has 0 aliphatic rings. The molecule has 0 aliphatic heterocycles. The second-order valence-corrected chi connectivity index (χ2v) is 3.93. The maximum atomic E-state index is 2.20. The Morgan fingerprint density at radius 2 is 1.46 bits per heavy atom. The number of hydrogen-bond donors (Lipinski definition) is 0. The Balaban J connectivity index is 0. The van der Waals surface area contributed by atoms with Crippen LogP contribution < -0.4 is 36.4 Å². The summed E-state index contributed by atoms with van der Waals surface area (Å²) >= 11 is 0. The molecule has 0 unspecified atom stereocenters. The molecule has 0 atom stereocenters. The average Bonchev–Trinajstić information content (AvgIpc) is 1.85. The van der Waals surface area contributed by atoms with Crippen LogP contribution in [0.3, 0.4) is 0 Å². The molecule has 0 saturated heterocycles. The monoisotopic (exact) mass is 312 g/mol. The number of hydrogen-bond acceptors (Lipinski definition) is 0. The molecule has 1 aromatic carbocycles. The van der Waals surface area contributed by atoms with Gasteiger partial charge < -0.3 is 40.9 Å². The van der Waals surface area contributed by atoms with E-state index in [4.69, 9.17) is 0 Å². The molecule has 13 heavy (non-hydrogen) atoms. The highest BCUT2D eigenvalue weighted by atomic mass is 127. The molecule has 0 N–H and O–H groups in total. The molecular weight excluding hydrogens is 296 g/mol. The second kappa shape index (κ2) is 6.62. The van der Waals surface area contributed by atoms with E-state index < -0.39 is 0 Å². The molecule has 0 amide bonds. The van der Waals surface area contributed by atoms with Crippen molar-refractivity contribution in [3.8, 4) is 0 Å². The number of nitrogens with zero attached hydrogens (tertiary/aromatic N) is 1. The third kappa shape index (κ3) is 7.28. The van der Waals surface area contributed by atoms with E-state index >= 15 is 0 Å². The Morgan fingerprint density at radius 1 is 1.00 bits per heavy atom. The summed E-state index contributed by atoms with van der Waals surface area (Å²) < 4.78 is 0.990. The Morgan fingerprint density at radius 3 is 1.85 bits per heavy atom. The predicted octanol–water partition coefficient (Wildman–Crippen LogP) is -4.10. The Bertz CT molecular complexity index is 218. The number of benzene rings is 1. The van der Waals surface area contributed by atoms with Gasteiger partial charge in [0.25, 0.3) is 0 Å². The van der Waals surface area contributed by atoms with E-state index in [2.05, 4.69) is 51.5 Å². The van der Waals surface area contributed by atoms with E-state index in [-0.39, 0.29) is 36.4 Å². The first-order chi connectivity index (χ1) is 5.08. The fourth-order valence-corrected chi connectivity index (χ4v) is 1.13. The first-order valence-corrected chi connectivity index (χ1v) is 3.92. The smallest absolute Gasteiger partial charge is 0.104 e. The van der Waals surface area contributed by atoms with Crippen LogP contribution in [0, 0.1) is 0 Å². The van der Waals surface area contributed by atoms with Crippen LogP contribution in [0.25, 0.3) is 0 Å². The highest BCUT2D eigenvalue weighted by Crippen LogP contribution is 2.04. The van der Waals surface area contributed by atoms with Crippen LogP contribution in [0.1, 0.15) is 5.56 Å². The van der Waals surface area contributed by atoms with Gasteiger partial charge in [0.15, 0.2) is 0 Å². The highest BCUT2D eigenvalue weighted by Gasteiger charge is 2.06. The minimum Gasteiger partial charge on any atom is -1.00 e. The molecule has 0 bridgehead atoms. The molecule has 1 aromatic rings. The summed E-state index contributed by atoms with van der Waals surface area (Å²) in [6.07, 6.45) is 0. The van der Waals surface area contributed by atoms with Gasteiger partial charge in [-0.15, -0.1) is 0 Å². The summed E-state index contributed by atoms with van der Waals surface area (Å²) in [5.41, 5.74) is 1.40. The number of quaternary nitrogens is 1. The third-order valence-corrected chi connectivity index (χ3v) is 1.50. The molecule has 0 heterocycles. The van der Waals surface area contributed by atoms with Crippen LogP contribution in [0.4, 0.5) is 0 Å². The maximum Gasteiger partial charge on any atom is 0.104 e. The molecule has 0 aromatic heterocycles. The molecule has 1 rings (SSSR count). The normalized spacial score (nSPS) is 9.77. The van der Waals surface area contributed by atoms with Crippen LogP contribution >= 0.6 is 0 Å². The van der Waals surface area contributed by atoms with Crippen LogP contribution in [-0.2, 0) is 6.54 Å². The van der Waals surface area contributed by atoms with Crippen molar-refractivity contribution >= 4 is 0 Å². The third-order valence-electron chi connectivity index (χ3n) is 1.50. The fourth-order valence-electron chi connectivity index (χ4n) is 1.13. The molecule has 3 heteroatoms. The second-order valence-electron chi connectivity index (χ2n) is 3.93. The van der Waals surface area contributed by atoms with Gasteiger partial charge in [-0.25, -0.2) is 0 Å². The van der Waals surface area contributed by atoms with Crippen LogP contribution in [0.2, 0.25) is 0 Å². The highest BCUT2D eigenvalue weighted by molar-refractivity contribution is 5.13. The number of halogens is 2. The van der Waals surface area contributed by atoms with Gasteiger partial charge in [-0.05, 0) is 0 Å². The summed E-state index contributed by atoms with van der Waals surface area (Å²) in [5, 5.41) is 0. The summed E-state index contributed by atoms with van der Waals surface area (Å²) in [6, 6.07) is 10.6. The lowest BCUT2D eigenvalue weighted by molar-refractivity contribution is -0.884. The van der Waals surface area contributed by atoms with E-state index in [1.54, 1.807) is 0 Å². The topological polar surface area (TPSA) is 0 Å². The van der Waals surface area contributed by atoms with Gasteiger partial charge in [-0.2, -0.15) is 0 Å². The van der Waals surface area contributed by atoms with E-state index in [0.717, 1.165) is 11.0 Å². The Kier molecular flexibility index (Phi) is 7.98. The summed E-state index contributed by atoms with van der Waals surface area (Å²) in [7, 11) is 6.60. The molecule has 0 fully saturated rings. The summed E-state index contributed by atoms with van der Waals surface area (Å²) in [4.78, 5) is 0. The predicted molar refractivity (Wildman–Crippen MR) is 48.2 cm³/mol. The quantitative estimate of drug-likeness (QED) is 0.385. The molecular formula is C10H16ClIN-. The van der Waals surface area contributed by atoms with Gasteiger partial charge in [0, 0.05) is 5.56 Å². The van der Waals surface area contributed by atoms with Gasteiger partial charge in [-0.3, -0.25) is 0 Å². The van der Waals surface area contributed by atoms with Crippen LogP contribution in [0.5, 0.6) is 0 Å². The van der Waals surface area contributed by atoms with E-state index in [1.165, 1.54) is 5.56 Å². The van der Waals surface area contributed by atoms with Gasteiger partial charge in [0.2, 0.25) is 0 Å². The maximum absolute atomic E-state index is 2.20. The van der Waals surface area contributed by atoms with Gasteiger partial charge >= 0.3 is 0 Å². The van der Waals surface area contributed by atoms with Crippen molar-refractivity contribution in [1.82, 2.24) is 0 Å². The molecule has 0 radical (unpaired) electrons. The zero-order valence-electron chi connectivity index (χ0n) is 8.30. The van der Waals surface area contributed by atoms with E-state index in [1.807, 2.05) is 0 Å². The lowest BCUT2D eigenvalue weighted by atomic mass is 10.2. The molecule has 0 spiro atoms. The summed E-state index contributed by atoms with van der Waals surface area (Å²) in [6.45, 7) is 1.10. The minimum absolute atomic E-state index is 0. The molecule has 0 saturated carbocycles. The first kappa shape index (κ1) is 15.7. The van der Waals surface area contributed by atoms with Gasteiger partial charge in [0.05, 0.1) is 21.1 Å². The first-order valence-electron chi connectivity index (χ1n) is 3.92. The largest absolute Gasteiger partial charge is 1.00 e. The minimum atomic E-state index is 0. The Hall–Kier alpha value is 0.200.